The molecule has 4 nitrogen and oxygen atoms in total. The average Bonchev–Trinajstić information content (AvgIpc) is 2.78. The van der Waals surface area contributed by atoms with Crippen LogP contribution in [0.1, 0.15) is 34.3 Å². The van der Waals surface area contributed by atoms with Crippen LogP contribution in [0.5, 0.6) is 5.75 Å². The maximum Gasteiger partial charge on any atom is 0.271 e. The summed E-state index contributed by atoms with van der Waals surface area (Å²) in [6.07, 6.45) is 1.67. The number of nitrogens with one attached hydrogen (secondary N) is 1. The summed E-state index contributed by atoms with van der Waals surface area (Å²) in [5, 5.41) is 4.40. The van der Waals surface area contributed by atoms with Crippen LogP contribution in [0.3, 0.4) is 0 Å². The summed E-state index contributed by atoms with van der Waals surface area (Å²) in [6, 6.07) is 27.2. The topological polar surface area (TPSA) is 50.7 Å². The van der Waals surface area contributed by atoms with Crippen molar-refractivity contribution in [1.82, 2.24) is 5.43 Å². The van der Waals surface area contributed by atoms with Gasteiger partial charge >= 0.3 is 0 Å². The summed E-state index contributed by atoms with van der Waals surface area (Å²) in [5.74, 6) is 0.390. The minimum absolute atomic E-state index is 0.0348. The number of hydrogen-bond acceptors (Lipinski definition) is 3. The van der Waals surface area contributed by atoms with Crippen molar-refractivity contribution in [3.05, 3.63) is 114 Å². The standard InChI is InChI=1S/C25H24N2O2/c1-3-18-29-23-16-14-22(15-17-23)25(28)27-26-19(2)24(20-10-6-4-7-11-20)21-12-8-5-9-13-21/h3-17,24H,1,18H2,2H3,(H,27,28)/b26-19+. The van der Waals surface area contributed by atoms with Crippen molar-refractivity contribution in [3.8, 4) is 5.75 Å². The summed E-state index contributed by atoms with van der Waals surface area (Å²) in [5.41, 5.74) is 6.24. The van der Waals surface area contributed by atoms with E-state index in [0.717, 1.165) is 16.8 Å². The third kappa shape index (κ3) is 5.42. The highest BCUT2D eigenvalue weighted by molar-refractivity contribution is 5.97. The predicted molar refractivity (Wildman–Crippen MR) is 117 cm³/mol. The fourth-order valence-electron chi connectivity index (χ4n) is 3.09. The molecule has 0 aliphatic rings. The number of carbonyl (C=O) groups excluding carboxylic acids is 1. The fraction of sp³-hybridized carbons (Fsp3) is 0.120. The number of nitrogens with zero attached hydrogens (tertiary/aromatic N) is 1. The largest absolute Gasteiger partial charge is 0.490 e. The van der Waals surface area contributed by atoms with Crippen LogP contribution < -0.4 is 10.2 Å². The lowest BCUT2D eigenvalue weighted by Crippen LogP contribution is -2.21. The van der Waals surface area contributed by atoms with Crippen molar-refractivity contribution in [2.24, 2.45) is 5.10 Å². The number of carbonyl (C=O) groups is 1. The maximum atomic E-state index is 12.5. The van der Waals surface area contributed by atoms with Crippen LogP contribution in [-0.2, 0) is 0 Å². The van der Waals surface area contributed by atoms with E-state index in [4.69, 9.17) is 4.74 Å². The summed E-state index contributed by atoms with van der Waals surface area (Å²) in [4.78, 5) is 12.5. The molecule has 29 heavy (non-hydrogen) atoms. The van der Waals surface area contributed by atoms with E-state index in [1.165, 1.54) is 0 Å². The Bertz CT molecular complexity index is 925. The van der Waals surface area contributed by atoms with E-state index in [-0.39, 0.29) is 11.8 Å². The lowest BCUT2D eigenvalue weighted by atomic mass is 9.88. The highest BCUT2D eigenvalue weighted by atomic mass is 16.5. The van der Waals surface area contributed by atoms with Crippen LogP contribution in [0.25, 0.3) is 0 Å². The van der Waals surface area contributed by atoms with Gasteiger partial charge in [0.1, 0.15) is 12.4 Å². The maximum absolute atomic E-state index is 12.5. The molecular formula is C25H24N2O2. The molecule has 3 aromatic rings. The Morgan fingerprint density at radius 2 is 1.52 bits per heavy atom. The molecule has 0 saturated carbocycles. The van der Waals surface area contributed by atoms with Gasteiger partial charge in [0, 0.05) is 17.2 Å². The second-order valence-corrected chi connectivity index (χ2v) is 6.57. The molecule has 0 spiro atoms. The molecule has 1 N–H and O–H groups in total. The lowest BCUT2D eigenvalue weighted by Gasteiger charge is -2.18. The van der Waals surface area contributed by atoms with Crippen LogP contribution in [-0.4, -0.2) is 18.2 Å². The number of ether oxygens (including phenoxy) is 1. The van der Waals surface area contributed by atoms with Gasteiger partial charge in [0.2, 0.25) is 0 Å². The van der Waals surface area contributed by atoms with Crippen molar-refractivity contribution < 1.29 is 9.53 Å². The summed E-state index contributed by atoms with van der Waals surface area (Å²) >= 11 is 0. The minimum Gasteiger partial charge on any atom is -0.490 e. The number of benzene rings is 3. The molecule has 0 unspecified atom stereocenters. The molecule has 3 aromatic carbocycles. The fourth-order valence-corrected chi connectivity index (χ4v) is 3.09. The van der Waals surface area contributed by atoms with Gasteiger partial charge in [-0.25, -0.2) is 5.43 Å². The van der Waals surface area contributed by atoms with E-state index >= 15 is 0 Å². The molecule has 4 heteroatoms. The average molecular weight is 384 g/mol. The summed E-state index contributed by atoms with van der Waals surface area (Å²) in [6.45, 7) is 5.97. The highest BCUT2D eigenvalue weighted by Gasteiger charge is 2.17. The molecular weight excluding hydrogens is 360 g/mol. The van der Waals surface area contributed by atoms with Crippen LogP contribution in [0.2, 0.25) is 0 Å². The Morgan fingerprint density at radius 1 is 0.966 bits per heavy atom. The third-order valence-corrected chi connectivity index (χ3v) is 4.50. The molecule has 0 aliphatic carbocycles. The van der Waals surface area contributed by atoms with E-state index in [1.54, 1.807) is 30.3 Å². The minimum atomic E-state index is -0.264. The Labute approximate surface area is 171 Å². The van der Waals surface area contributed by atoms with E-state index < -0.39 is 0 Å². The summed E-state index contributed by atoms with van der Waals surface area (Å²) < 4.78 is 5.44. The quantitative estimate of drug-likeness (QED) is 0.330. The van der Waals surface area contributed by atoms with Crippen molar-refractivity contribution in [2.45, 2.75) is 12.8 Å². The normalized spacial score (nSPS) is 11.2. The van der Waals surface area contributed by atoms with Gasteiger partial charge in [-0.1, -0.05) is 73.3 Å². The molecule has 0 radical (unpaired) electrons. The van der Waals surface area contributed by atoms with Gasteiger partial charge in [-0.2, -0.15) is 5.10 Å². The Balaban J connectivity index is 1.77. The zero-order valence-corrected chi connectivity index (χ0v) is 16.4. The van der Waals surface area contributed by atoms with Crippen molar-refractivity contribution in [1.29, 1.82) is 0 Å². The molecule has 146 valence electrons. The second-order valence-electron chi connectivity index (χ2n) is 6.57. The van der Waals surface area contributed by atoms with Crippen molar-refractivity contribution in [3.63, 3.8) is 0 Å². The van der Waals surface area contributed by atoms with Crippen LogP contribution in [0, 0.1) is 0 Å². The van der Waals surface area contributed by atoms with Gasteiger partial charge in [0.25, 0.3) is 5.91 Å². The lowest BCUT2D eigenvalue weighted by molar-refractivity contribution is 0.0954. The Morgan fingerprint density at radius 3 is 2.03 bits per heavy atom. The highest BCUT2D eigenvalue weighted by Crippen LogP contribution is 2.26. The molecule has 0 atom stereocenters. The van der Waals surface area contributed by atoms with Gasteiger partial charge in [-0.05, 0) is 42.3 Å². The first-order chi connectivity index (χ1) is 14.2. The molecule has 0 bridgehead atoms. The van der Waals surface area contributed by atoms with Crippen molar-refractivity contribution in [2.75, 3.05) is 6.61 Å². The molecule has 3 rings (SSSR count). The zero-order valence-electron chi connectivity index (χ0n) is 16.4. The molecule has 1 amide bonds. The first kappa shape index (κ1) is 20.1. The predicted octanol–water partition coefficient (Wildman–Crippen LogP) is 5.19. The van der Waals surface area contributed by atoms with E-state index in [9.17, 15) is 4.79 Å². The van der Waals surface area contributed by atoms with Gasteiger partial charge < -0.3 is 4.74 Å². The SMILES string of the molecule is C=CCOc1ccc(C(=O)N/N=C(\C)C(c2ccccc2)c2ccccc2)cc1. The van der Waals surface area contributed by atoms with Crippen LogP contribution >= 0.6 is 0 Å². The molecule has 0 aliphatic heterocycles. The number of rotatable bonds is 8. The van der Waals surface area contributed by atoms with Gasteiger partial charge in [0.05, 0.1) is 0 Å². The van der Waals surface area contributed by atoms with Crippen LogP contribution in [0.4, 0.5) is 0 Å². The van der Waals surface area contributed by atoms with Crippen LogP contribution in [0.15, 0.2) is 103 Å². The Kier molecular flexibility index (Phi) is 6.95. The number of hydrogen-bond donors (Lipinski definition) is 1. The second kappa shape index (κ2) is 10.0. The first-order valence-corrected chi connectivity index (χ1v) is 9.47. The molecule has 0 heterocycles. The van der Waals surface area contributed by atoms with Gasteiger partial charge in [0.15, 0.2) is 0 Å². The van der Waals surface area contributed by atoms with Gasteiger partial charge in [-0.3, -0.25) is 4.79 Å². The van der Waals surface area contributed by atoms with E-state index in [2.05, 4.69) is 41.4 Å². The first-order valence-electron chi connectivity index (χ1n) is 9.47. The van der Waals surface area contributed by atoms with E-state index in [0.29, 0.717) is 17.9 Å². The molecule has 0 aromatic heterocycles. The number of amides is 1. The van der Waals surface area contributed by atoms with Gasteiger partial charge in [-0.15, -0.1) is 0 Å². The smallest absolute Gasteiger partial charge is 0.271 e. The van der Waals surface area contributed by atoms with Crippen molar-refractivity contribution >= 4 is 11.6 Å². The Hall–Kier alpha value is -3.66. The molecule has 0 saturated heterocycles. The number of hydrazone groups is 1. The third-order valence-electron chi connectivity index (χ3n) is 4.50. The van der Waals surface area contributed by atoms with E-state index in [1.807, 2.05) is 43.3 Å². The summed E-state index contributed by atoms with van der Waals surface area (Å²) in [7, 11) is 0. The molecule has 0 fully saturated rings. The monoisotopic (exact) mass is 384 g/mol. The zero-order chi connectivity index (χ0) is 20.5.